The van der Waals surface area contributed by atoms with Crippen molar-refractivity contribution in [2.75, 3.05) is 17.4 Å². The first kappa shape index (κ1) is 33.5. The normalized spacial score (nSPS) is 26.8. The molecule has 258 valence electrons. The Morgan fingerprint density at radius 3 is 2.29 bits per heavy atom. The highest BCUT2D eigenvalue weighted by molar-refractivity contribution is 9.10. The van der Waals surface area contributed by atoms with Crippen LogP contribution in [0.25, 0.3) is 0 Å². The van der Waals surface area contributed by atoms with E-state index in [0.717, 1.165) is 15.1 Å². The lowest BCUT2D eigenvalue weighted by atomic mass is 9.49. The number of fused-ring (bicyclic) bond motifs is 4. The summed E-state index contributed by atoms with van der Waals surface area (Å²) in [6.45, 7) is 0. The van der Waals surface area contributed by atoms with Gasteiger partial charge in [-0.1, -0.05) is 81.1 Å². The number of anilines is 2. The number of methoxy groups -OCH3 is 1. The van der Waals surface area contributed by atoms with Crippen molar-refractivity contribution in [2.45, 2.75) is 24.2 Å². The summed E-state index contributed by atoms with van der Waals surface area (Å²) in [5, 5.41) is 13.1. The van der Waals surface area contributed by atoms with Gasteiger partial charge < -0.3 is 9.84 Å². The van der Waals surface area contributed by atoms with Gasteiger partial charge in [0.1, 0.15) is 11.5 Å². The number of carbonyl (C=O) groups excluding carboxylic acids is 4. The molecule has 1 saturated carbocycles. The predicted octanol–water partition coefficient (Wildman–Crippen LogP) is 7.66. The number of carbonyl (C=O) groups is 4. The smallest absolute Gasteiger partial charge is 0.260 e. The topological polar surface area (TPSA) is 116 Å². The van der Waals surface area contributed by atoms with Gasteiger partial charge in [0.2, 0.25) is 11.8 Å². The zero-order valence-corrected chi connectivity index (χ0v) is 30.2. The lowest BCUT2D eigenvalue weighted by Gasteiger charge is -2.50. The van der Waals surface area contributed by atoms with Gasteiger partial charge in [-0.2, -0.15) is 5.01 Å². The van der Waals surface area contributed by atoms with Crippen LogP contribution in [-0.4, -0.2) is 40.9 Å². The predicted molar refractivity (Wildman–Crippen MR) is 195 cm³/mol. The Kier molecular flexibility index (Phi) is 8.24. The van der Waals surface area contributed by atoms with E-state index in [4.69, 9.17) is 27.9 Å². The molecule has 12 heteroatoms. The Labute approximate surface area is 311 Å². The van der Waals surface area contributed by atoms with Crippen molar-refractivity contribution in [1.29, 1.82) is 0 Å². The minimum atomic E-state index is -1.57. The van der Waals surface area contributed by atoms with Crippen LogP contribution in [0.5, 0.6) is 11.5 Å². The van der Waals surface area contributed by atoms with Gasteiger partial charge in [-0.05, 0) is 85.0 Å². The number of imide groups is 2. The Morgan fingerprint density at radius 1 is 0.882 bits per heavy atom. The SMILES string of the molecule is COc1ccc([C@@]23C(=O)N(Nc4ccc(Cl)cc4Cl)C(=O)[C@@H]2C[C@@H]2C(=CC[C@@H]4C(=O)N(c5ccc(Br)cc5)C(=O)[C@@H]42)[C@@H]3c2ccccc2O)cc1. The van der Waals surface area contributed by atoms with Crippen LogP contribution in [0, 0.1) is 23.7 Å². The highest BCUT2D eigenvalue weighted by atomic mass is 79.9. The summed E-state index contributed by atoms with van der Waals surface area (Å²) in [4.78, 5) is 59.8. The molecule has 8 rings (SSSR count). The van der Waals surface area contributed by atoms with E-state index < -0.39 is 46.8 Å². The Balaban J connectivity index is 1.33. The minimum absolute atomic E-state index is 0.0597. The van der Waals surface area contributed by atoms with Gasteiger partial charge in [-0.25, -0.2) is 0 Å². The summed E-state index contributed by atoms with van der Waals surface area (Å²) in [7, 11) is 1.54. The first-order valence-electron chi connectivity index (χ1n) is 16.4. The van der Waals surface area contributed by atoms with E-state index in [0.29, 0.717) is 33.3 Å². The number of phenols is 1. The second-order valence-corrected chi connectivity index (χ2v) is 15.0. The molecule has 2 aliphatic carbocycles. The van der Waals surface area contributed by atoms with Gasteiger partial charge in [0.05, 0.1) is 46.7 Å². The van der Waals surface area contributed by atoms with Crippen molar-refractivity contribution >= 4 is 74.1 Å². The van der Waals surface area contributed by atoms with Crippen LogP contribution in [0.2, 0.25) is 10.0 Å². The monoisotopic (exact) mass is 785 g/mol. The average Bonchev–Trinajstić information content (AvgIpc) is 3.51. The molecule has 0 bridgehead atoms. The molecule has 4 amide bonds. The van der Waals surface area contributed by atoms with Crippen LogP contribution < -0.4 is 15.1 Å². The zero-order chi connectivity index (χ0) is 35.8. The average molecular weight is 787 g/mol. The van der Waals surface area contributed by atoms with Crippen molar-refractivity contribution in [1.82, 2.24) is 5.01 Å². The zero-order valence-electron chi connectivity index (χ0n) is 27.1. The molecule has 0 radical (unpaired) electrons. The fourth-order valence-electron chi connectivity index (χ4n) is 8.76. The van der Waals surface area contributed by atoms with E-state index in [9.17, 15) is 19.5 Å². The Hall–Kier alpha value is -4.64. The number of allylic oxidation sites excluding steroid dienone is 2. The molecule has 4 aliphatic rings. The van der Waals surface area contributed by atoms with Gasteiger partial charge in [-0.15, -0.1) is 0 Å². The molecule has 4 aromatic rings. The van der Waals surface area contributed by atoms with Gasteiger partial charge in [0, 0.05) is 21.0 Å². The highest BCUT2D eigenvalue weighted by Gasteiger charge is 2.70. The number of para-hydroxylation sites is 1. The molecule has 2 N–H and O–H groups in total. The number of hydrogen-bond donors (Lipinski definition) is 2. The van der Waals surface area contributed by atoms with E-state index in [1.54, 1.807) is 92.0 Å². The van der Waals surface area contributed by atoms with Crippen molar-refractivity contribution in [2.24, 2.45) is 23.7 Å². The second-order valence-electron chi connectivity index (χ2n) is 13.3. The number of phenolic OH excluding ortho intramolecular Hbond substituents is 1. The van der Waals surface area contributed by atoms with E-state index in [1.165, 1.54) is 11.0 Å². The number of amides is 4. The van der Waals surface area contributed by atoms with Crippen molar-refractivity contribution in [3.8, 4) is 11.5 Å². The number of hydrogen-bond acceptors (Lipinski definition) is 7. The van der Waals surface area contributed by atoms with E-state index in [1.807, 2.05) is 6.08 Å². The summed E-state index contributed by atoms with van der Waals surface area (Å²) >= 11 is 16.1. The molecule has 0 unspecified atom stereocenters. The van der Waals surface area contributed by atoms with Crippen LogP contribution in [0.4, 0.5) is 11.4 Å². The molecule has 0 aromatic heterocycles. The van der Waals surface area contributed by atoms with Gasteiger partial charge in [-0.3, -0.25) is 29.5 Å². The van der Waals surface area contributed by atoms with E-state index >= 15 is 4.79 Å². The molecular formula is C39H30BrCl2N3O6. The third kappa shape index (κ3) is 5.02. The quantitative estimate of drug-likeness (QED) is 0.152. The maximum absolute atomic E-state index is 15.3. The first-order valence-corrected chi connectivity index (χ1v) is 18.0. The molecule has 2 aliphatic heterocycles. The number of benzene rings is 4. The van der Waals surface area contributed by atoms with Crippen LogP contribution in [-0.2, 0) is 24.6 Å². The fourth-order valence-corrected chi connectivity index (χ4v) is 9.48. The van der Waals surface area contributed by atoms with E-state index in [-0.39, 0.29) is 35.4 Å². The molecule has 51 heavy (non-hydrogen) atoms. The molecule has 6 atom stereocenters. The molecule has 2 heterocycles. The fraction of sp³-hybridized carbons (Fsp3) is 0.231. The molecule has 9 nitrogen and oxygen atoms in total. The maximum Gasteiger partial charge on any atom is 0.260 e. The Bertz CT molecular complexity index is 2160. The standard InChI is InChI=1S/C39H30BrCl2N3O6/c1-51-24-13-6-20(7-14-24)39-29(36(48)45(38(39)50)43-31-17-10-22(41)18-30(31)42)19-28-25(34(39)26-4-2-3-5-32(26)46)15-16-27-33(28)37(49)44(35(27)47)23-11-8-21(40)9-12-23/h2-15,17-18,27-29,33-34,43,46H,16,19H2,1H3/t27-,28+,29-,33-,34+,39+/m0/s1. The van der Waals surface area contributed by atoms with E-state index in [2.05, 4.69) is 21.4 Å². The second kappa shape index (κ2) is 12.5. The summed E-state index contributed by atoms with van der Waals surface area (Å²) in [6.07, 6.45) is 2.31. The Morgan fingerprint density at radius 2 is 1.61 bits per heavy atom. The molecule has 3 fully saturated rings. The number of aromatic hydroxyl groups is 1. The highest BCUT2D eigenvalue weighted by Crippen LogP contribution is 2.65. The summed E-state index contributed by atoms with van der Waals surface area (Å²) in [6, 6.07) is 25.4. The van der Waals surface area contributed by atoms with Crippen LogP contribution >= 0.6 is 39.1 Å². The summed E-state index contributed by atoms with van der Waals surface area (Å²) < 4.78 is 6.25. The van der Waals surface area contributed by atoms with Crippen LogP contribution in [0.15, 0.2) is 107 Å². The lowest BCUT2D eigenvalue weighted by Crippen LogP contribution is -2.53. The molecular weight excluding hydrogens is 757 g/mol. The van der Waals surface area contributed by atoms with Crippen molar-refractivity contribution in [3.63, 3.8) is 0 Å². The van der Waals surface area contributed by atoms with Crippen LogP contribution in [0.3, 0.4) is 0 Å². The van der Waals surface area contributed by atoms with Gasteiger partial charge >= 0.3 is 0 Å². The third-order valence-electron chi connectivity index (χ3n) is 10.9. The third-order valence-corrected chi connectivity index (χ3v) is 12.0. The molecule has 4 aromatic carbocycles. The lowest BCUT2D eigenvalue weighted by molar-refractivity contribution is -0.138. The number of nitrogens with zero attached hydrogens (tertiary/aromatic N) is 2. The molecule has 0 spiro atoms. The number of nitrogens with one attached hydrogen (secondary N) is 1. The van der Waals surface area contributed by atoms with Crippen LogP contribution in [0.1, 0.15) is 29.9 Å². The van der Waals surface area contributed by atoms with Crippen molar-refractivity contribution in [3.05, 3.63) is 128 Å². The number of halogens is 3. The van der Waals surface area contributed by atoms with Crippen molar-refractivity contribution < 1.29 is 29.0 Å². The molecule has 2 saturated heterocycles. The van der Waals surface area contributed by atoms with Gasteiger partial charge in [0.25, 0.3) is 11.8 Å². The summed E-state index contributed by atoms with van der Waals surface area (Å²) in [5.74, 6) is -5.13. The largest absolute Gasteiger partial charge is 0.508 e. The first-order chi connectivity index (χ1) is 24.6. The maximum atomic E-state index is 15.3. The number of ether oxygens (including phenoxy) is 1. The number of rotatable bonds is 6. The summed E-state index contributed by atoms with van der Waals surface area (Å²) in [5.41, 5.74) is 3.87. The van der Waals surface area contributed by atoms with Gasteiger partial charge in [0.15, 0.2) is 0 Å². The minimum Gasteiger partial charge on any atom is -0.508 e. The number of hydrazine groups is 1.